The maximum atomic E-state index is 5.86. The molecule has 142 valence electrons. The van der Waals surface area contributed by atoms with Crippen molar-refractivity contribution in [2.24, 2.45) is 17.6 Å². The highest BCUT2D eigenvalue weighted by atomic mass is 15.0. The molecule has 4 nitrogen and oxygen atoms in total. The maximum Gasteiger partial charge on any atom is 0.0765 e. The molecule has 25 heavy (non-hydrogen) atoms. The Hall–Kier alpha value is -1.39. The molecule has 2 unspecified atom stereocenters. The normalized spacial score (nSPS) is 27.2. The van der Waals surface area contributed by atoms with Gasteiger partial charge in [0.25, 0.3) is 0 Å². The van der Waals surface area contributed by atoms with E-state index in [2.05, 4.69) is 53.7 Å². The first-order valence-corrected chi connectivity index (χ1v) is 9.92. The lowest BCUT2D eigenvalue weighted by Gasteiger charge is -2.28. The minimum Gasteiger partial charge on any atom is -0.390 e. The quantitative estimate of drug-likeness (QED) is 0.468. The molecule has 0 radical (unpaired) electrons. The van der Waals surface area contributed by atoms with E-state index in [4.69, 9.17) is 5.41 Å². The summed E-state index contributed by atoms with van der Waals surface area (Å²) >= 11 is 0. The molecule has 4 heteroatoms. The predicted molar refractivity (Wildman–Crippen MR) is 109 cm³/mol. The van der Waals surface area contributed by atoms with Crippen LogP contribution in [0.5, 0.6) is 0 Å². The van der Waals surface area contributed by atoms with Gasteiger partial charge in [0.15, 0.2) is 0 Å². The molecular formula is C21H38N4. The van der Waals surface area contributed by atoms with Gasteiger partial charge in [-0.15, -0.1) is 0 Å². The summed E-state index contributed by atoms with van der Waals surface area (Å²) in [4.78, 5) is 0. The van der Waals surface area contributed by atoms with Crippen LogP contribution in [0.2, 0.25) is 0 Å². The van der Waals surface area contributed by atoms with E-state index in [1.807, 2.05) is 13.8 Å². The fourth-order valence-electron chi connectivity index (χ4n) is 3.74. The molecule has 2 fully saturated rings. The molecule has 2 aliphatic carbocycles. The molecule has 0 saturated heterocycles. The molecule has 0 heterocycles. The summed E-state index contributed by atoms with van der Waals surface area (Å²) in [6.07, 6.45) is 7.75. The molecule has 5 N–H and O–H groups in total. The highest BCUT2D eigenvalue weighted by molar-refractivity contribution is 5.46. The molecule has 2 atom stereocenters. The van der Waals surface area contributed by atoms with Gasteiger partial charge in [-0.25, -0.2) is 0 Å². The summed E-state index contributed by atoms with van der Waals surface area (Å²) in [5, 5.41) is 13.0. The maximum absolute atomic E-state index is 5.86. The monoisotopic (exact) mass is 346 g/mol. The first-order valence-electron chi connectivity index (χ1n) is 9.92. The molecule has 0 amide bonds. The number of hydrogen-bond donors (Lipinski definition) is 4. The van der Waals surface area contributed by atoms with Crippen molar-refractivity contribution in [2.75, 3.05) is 20.1 Å². The predicted octanol–water partition coefficient (Wildman–Crippen LogP) is 3.74. The van der Waals surface area contributed by atoms with Crippen molar-refractivity contribution in [3.8, 4) is 0 Å². The van der Waals surface area contributed by atoms with E-state index in [9.17, 15) is 0 Å². The number of hydrogen-bond acceptors (Lipinski definition) is 3. The van der Waals surface area contributed by atoms with E-state index >= 15 is 0 Å². The van der Waals surface area contributed by atoms with Gasteiger partial charge in [0.2, 0.25) is 0 Å². The average molecular weight is 347 g/mol. The molecule has 0 aliphatic heterocycles. The highest BCUT2D eigenvalue weighted by Crippen LogP contribution is 2.41. The van der Waals surface area contributed by atoms with Gasteiger partial charge in [-0.1, -0.05) is 44.2 Å². The molecule has 0 spiro atoms. The van der Waals surface area contributed by atoms with Crippen LogP contribution < -0.4 is 16.4 Å². The van der Waals surface area contributed by atoms with Gasteiger partial charge in [0.05, 0.1) is 6.34 Å². The molecule has 3 rings (SSSR count). The zero-order valence-corrected chi connectivity index (χ0v) is 16.3. The van der Waals surface area contributed by atoms with Crippen LogP contribution in [0.25, 0.3) is 0 Å². The van der Waals surface area contributed by atoms with Gasteiger partial charge in [0.1, 0.15) is 0 Å². The lowest BCUT2D eigenvalue weighted by atomic mass is 9.82. The van der Waals surface area contributed by atoms with Crippen LogP contribution in [0.4, 0.5) is 0 Å². The third-order valence-corrected chi connectivity index (χ3v) is 5.15. The SMILES string of the molecule is CC.CNCC1CCC(CNC2CC2c2ccccc2)CC1.N=CN. The van der Waals surface area contributed by atoms with Crippen molar-refractivity contribution in [3.63, 3.8) is 0 Å². The summed E-state index contributed by atoms with van der Waals surface area (Å²) < 4.78 is 0. The Balaban J connectivity index is 0.000000567. The fourth-order valence-corrected chi connectivity index (χ4v) is 3.74. The standard InChI is InChI=1S/C18H28N2.C2H6.CH4N2/c1-19-12-14-7-9-15(10-8-14)13-20-18-11-17(18)16-5-3-2-4-6-16;1-2;2-1-3/h2-6,14-15,17-20H,7-13H2,1H3;1-2H3;1H,(H3,2,3). The molecule has 1 aromatic carbocycles. The van der Waals surface area contributed by atoms with Crippen LogP contribution in [0.3, 0.4) is 0 Å². The topological polar surface area (TPSA) is 73.9 Å². The molecular weight excluding hydrogens is 308 g/mol. The van der Waals surface area contributed by atoms with Crippen molar-refractivity contribution in [1.82, 2.24) is 10.6 Å². The molecule has 0 bridgehead atoms. The molecule has 2 aliphatic rings. The summed E-state index contributed by atoms with van der Waals surface area (Å²) in [6.45, 7) is 6.44. The Morgan fingerprint density at radius 3 is 2.08 bits per heavy atom. The summed E-state index contributed by atoms with van der Waals surface area (Å²) in [5.74, 6) is 2.62. The van der Waals surface area contributed by atoms with Gasteiger partial charge in [-0.05, 0) is 69.6 Å². The van der Waals surface area contributed by atoms with Gasteiger partial charge >= 0.3 is 0 Å². The number of nitrogens with one attached hydrogen (secondary N) is 3. The first kappa shape index (κ1) is 21.7. The van der Waals surface area contributed by atoms with Crippen LogP contribution in [0.15, 0.2) is 30.3 Å². The second-order valence-electron chi connectivity index (χ2n) is 6.88. The second-order valence-corrected chi connectivity index (χ2v) is 6.88. The average Bonchev–Trinajstić information content (AvgIpc) is 3.44. The van der Waals surface area contributed by atoms with Crippen LogP contribution in [-0.2, 0) is 0 Å². The highest BCUT2D eigenvalue weighted by Gasteiger charge is 2.38. The van der Waals surface area contributed by atoms with E-state index in [1.54, 1.807) is 0 Å². The third kappa shape index (κ3) is 8.02. The smallest absolute Gasteiger partial charge is 0.0765 e. The van der Waals surface area contributed by atoms with Gasteiger partial charge in [-0.2, -0.15) is 0 Å². The minimum absolute atomic E-state index is 0.743. The lowest BCUT2D eigenvalue weighted by molar-refractivity contribution is 0.264. The van der Waals surface area contributed by atoms with Crippen LogP contribution >= 0.6 is 0 Å². The van der Waals surface area contributed by atoms with Crippen molar-refractivity contribution >= 4 is 6.34 Å². The van der Waals surface area contributed by atoms with Gasteiger partial charge in [0, 0.05) is 12.0 Å². The van der Waals surface area contributed by atoms with Crippen molar-refractivity contribution in [2.45, 2.75) is 57.9 Å². The van der Waals surface area contributed by atoms with Crippen LogP contribution in [0.1, 0.15) is 57.4 Å². The third-order valence-electron chi connectivity index (χ3n) is 5.15. The van der Waals surface area contributed by atoms with E-state index < -0.39 is 0 Å². The second kappa shape index (κ2) is 12.9. The zero-order valence-electron chi connectivity index (χ0n) is 16.3. The summed E-state index contributed by atoms with van der Waals surface area (Å²) in [6, 6.07) is 11.7. The Bertz CT molecular complexity index is 440. The molecule has 1 aromatic rings. The Morgan fingerprint density at radius 1 is 1.04 bits per heavy atom. The molecule has 2 saturated carbocycles. The number of nitrogens with two attached hydrogens (primary N) is 1. The van der Waals surface area contributed by atoms with Gasteiger partial charge in [-0.3, -0.25) is 5.41 Å². The minimum atomic E-state index is 0.743. The zero-order chi connectivity index (χ0) is 18.5. The Labute approximate surface area is 154 Å². The number of benzene rings is 1. The van der Waals surface area contributed by atoms with E-state index in [0.717, 1.165) is 30.1 Å². The van der Waals surface area contributed by atoms with Crippen LogP contribution in [-0.4, -0.2) is 32.5 Å². The van der Waals surface area contributed by atoms with E-state index in [0.29, 0.717) is 0 Å². The van der Waals surface area contributed by atoms with Crippen molar-refractivity contribution in [3.05, 3.63) is 35.9 Å². The number of rotatable bonds is 6. The Kier molecular flexibility index (Phi) is 11.2. The fraction of sp³-hybridized carbons (Fsp3) is 0.667. The van der Waals surface area contributed by atoms with Crippen LogP contribution in [0, 0.1) is 17.2 Å². The largest absolute Gasteiger partial charge is 0.390 e. The summed E-state index contributed by atoms with van der Waals surface area (Å²) in [5.41, 5.74) is 5.91. The molecule has 0 aromatic heterocycles. The Morgan fingerprint density at radius 2 is 1.56 bits per heavy atom. The van der Waals surface area contributed by atoms with E-state index in [-0.39, 0.29) is 0 Å². The first-order chi connectivity index (χ1) is 12.3. The van der Waals surface area contributed by atoms with Crippen molar-refractivity contribution in [1.29, 1.82) is 5.41 Å². The summed E-state index contributed by atoms with van der Waals surface area (Å²) in [7, 11) is 2.07. The van der Waals surface area contributed by atoms with Crippen molar-refractivity contribution < 1.29 is 0 Å². The van der Waals surface area contributed by atoms with E-state index in [1.165, 1.54) is 50.8 Å². The lowest BCUT2D eigenvalue weighted by Crippen LogP contribution is -2.30. The van der Waals surface area contributed by atoms with Gasteiger partial charge < -0.3 is 16.4 Å².